The van der Waals surface area contributed by atoms with Gasteiger partial charge < -0.3 is 9.73 Å². The number of carbonyl (C=O) groups excluding carboxylic acids is 1. The van der Waals surface area contributed by atoms with Crippen LogP contribution in [0.25, 0.3) is 0 Å². The molecule has 0 saturated heterocycles. The highest BCUT2D eigenvalue weighted by atomic mass is 32.1. The van der Waals surface area contributed by atoms with Gasteiger partial charge in [0.2, 0.25) is 0 Å². The Labute approximate surface area is 116 Å². The first-order valence-electron chi connectivity index (χ1n) is 6.33. The summed E-state index contributed by atoms with van der Waals surface area (Å²) in [4.78, 5) is 17.6. The minimum Gasteiger partial charge on any atom is -0.469 e. The lowest BCUT2D eigenvalue weighted by atomic mass is 10.2. The predicted octanol–water partition coefficient (Wildman–Crippen LogP) is 3.02. The monoisotopic (exact) mass is 278 g/mol. The average molecular weight is 278 g/mol. The minimum absolute atomic E-state index is 0.0715. The summed E-state index contributed by atoms with van der Waals surface area (Å²) in [7, 11) is 0. The fourth-order valence-electron chi connectivity index (χ4n) is 1.80. The average Bonchev–Trinajstić information content (AvgIpc) is 2.92. The molecule has 0 unspecified atom stereocenters. The molecule has 0 aliphatic carbocycles. The lowest BCUT2D eigenvalue weighted by Gasteiger charge is -2.03. The first-order chi connectivity index (χ1) is 9.08. The van der Waals surface area contributed by atoms with Crippen LogP contribution in [0.2, 0.25) is 0 Å². The number of hydrogen-bond donors (Lipinski definition) is 1. The van der Waals surface area contributed by atoms with Gasteiger partial charge in [-0.25, -0.2) is 4.98 Å². The molecule has 0 aromatic carbocycles. The molecule has 0 bridgehead atoms. The second kappa shape index (κ2) is 6.02. The summed E-state index contributed by atoms with van der Waals surface area (Å²) in [5.74, 6) is 0.585. The maximum Gasteiger partial charge on any atom is 0.254 e. The Morgan fingerprint density at radius 2 is 2.21 bits per heavy atom. The molecule has 0 atom stereocenters. The van der Waals surface area contributed by atoms with Crippen LogP contribution in [0.3, 0.4) is 0 Å². The number of rotatable bonds is 5. The molecule has 0 aliphatic heterocycles. The van der Waals surface area contributed by atoms with E-state index in [2.05, 4.69) is 17.2 Å². The first kappa shape index (κ1) is 13.8. The number of hydrogen-bond acceptors (Lipinski definition) is 4. The van der Waals surface area contributed by atoms with Crippen LogP contribution in [-0.2, 0) is 6.42 Å². The number of carbonyl (C=O) groups is 1. The number of aryl methyl sites for hydroxylation is 4. The van der Waals surface area contributed by atoms with E-state index in [1.807, 2.05) is 6.92 Å². The third-order valence-electron chi connectivity index (χ3n) is 3.03. The van der Waals surface area contributed by atoms with Crippen molar-refractivity contribution < 1.29 is 9.21 Å². The van der Waals surface area contributed by atoms with Gasteiger partial charge in [0, 0.05) is 17.8 Å². The minimum atomic E-state index is -0.0715. The van der Waals surface area contributed by atoms with Gasteiger partial charge in [0.15, 0.2) is 0 Å². The first-order valence-corrected chi connectivity index (χ1v) is 7.15. The smallest absolute Gasteiger partial charge is 0.254 e. The molecule has 0 saturated carbocycles. The standard InChI is InChI=1S/C14H18N2O2S/c1-9-11(3)19-13(16-9)5-4-7-15-14(17)12-6-8-18-10(12)2/h6,8H,4-5,7H2,1-3H3,(H,15,17). The summed E-state index contributed by atoms with van der Waals surface area (Å²) in [5.41, 5.74) is 1.72. The number of aromatic nitrogens is 1. The molecule has 0 spiro atoms. The number of thiazole rings is 1. The van der Waals surface area contributed by atoms with E-state index < -0.39 is 0 Å². The second-order valence-corrected chi connectivity index (χ2v) is 5.79. The maximum atomic E-state index is 11.8. The molecule has 2 rings (SSSR count). The van der Waals surface area contributed by atoms with Crippen LogP contribution in [0.5, 0.6) is 0 Å². The molecule has 0 aliphatic rings. The van der Waals surface area contributed by atoms with Crippen molar-refractivity contribution in [3.63, 3.8) is 0 Å². The van der Waals surface area contributed by atoms with Gasteiger partial charge in [-0.2, -0.15) is 0 Å². The summed E-state index contributed by atoms with van der Waals surface area (Å²) in [6.45, 7) is 6.55. The van der Waals surface area contributed by atoms with E-state index in [-0.39, 0.29) is 5.91 Å². The molecule has 0 fully saturated rings. The second-order valence-electron chi connectivity index (χ2n) is 4.50. The molecule has 1 N–H and O–H groups in total. The van der Waals surface area contributed by atoms with Crippen LogP contribution < -0.4 is 5.32 Å². The molecule has 19 heavy (non-hydrogen) atoms. The van der Waals surface area contributed by atoms with Gasteiger partial charge in [-0.05, 0) is 33.3 Å². The van der Waals surface area contributed by atoms with Crippen molar-refractivity contribution in [3.8, 4) is 0 Å². The number of nitrogens with one attached hydrogen (secondary N) is 1. The highest BCUT2D eigenvalue weighted by molar-refractivity contribution is 7.11. The van der Waals surface area contributed by atoms with E-state index in [1.54, 1.807) is 24.3 Å². The van der Waals surface area contributed by atoms with Crippen molar-refractivity contribution in [2.75, 3.05) is 6.54 Å². The van der Waals surface area contributed by atoms with Gasteiger partial charge in [-0.15, -0.1) is 11.3 Å². The van der Waals surface area contributed by atoms with Crippen molar-refractivity contribution in [2.24, 2.45) is 0 Å². The fourth-order valence-corrected chi connectivity index (χ4v) is 2.78. The van der Waals surface area contributed by atoms with Gasteiger partial charge in [-0.1, -0.05) is 0 Å². The SMILES string of the molecule is Cc1nc(CCCNC(=O)c2ccoc2C)sc1C. The molecule has 4 nitrogen and oxygen atoms in total. The van der Waals surface area contributed by atoms with Gasteiger partial charge in [-0.3, -0.25) is 4.79 Å². The topological polar surface area (TPSA) is 55.1 Å². The number of nitrogens with zero attached hydrogens (tertiary/aromatic N) is 1. The van der Waals surface area contributed by atoms with Crippen LogP contribution in [-0.4, -0.2) is 17.4 Å². The van der Waals surface area contributed by atoms with Crippen LogP contribution in [0, 0.1) is 20.8 Å². The van der Waals surface area contributed by atoms with Crippen LogP contribution in [0.4, 0.5) is 0 Å². The summed E-state index contributed by atoms with van der Waals surface area (Å²) in [6.07, 6.45) is 3.34. The van der Waals surface area contributed by atoms with Crippen LogP contribution >= 0.6 is 11.3 Å². The normalized spacial score (nSPS) is 10.7. The maximum absolute atomic E-state index is 11.8. The Balaban J connectivity index is 1.75. The van der Waals surface area contributed by atoms with E-state index >= 15 is 0 Å². The molecule has 1 amide bonds. The summed E-state index contributed by atoms with van der Waals surface area (Å²) in [5, 5.41) is 4.04. The molecular formula is C14H18N2O2S. The Morgan fingerprint density at radius 1 is 1.42 bits per heavy atom. The zero-order valence-electron chi connectivity index (χ0n) is 11.4. The highest BCUT2D eigenvalue weighted by Crippen LogP contribution is 2.17. The van der Waals surface area contributed by atoms with Gasteiger partial charge in [0.1, 0.15) is 5.76 Å². The Kier molecular flexibility index (Phi) is 4.37. The van der Waals surface area contributed by atoms with Crippen molar-refractivity contribution in [2.45, 2.75) is 33.6 Å². The predicted molar refractivity (Wildman–Crippen MR) is 75.7 cm³/mol. The summed E-state index contributed by atoms with van der Waals surface area (Å²) >= 11 is 1.73. The molecular weight excluding hydrogens is 260 g/mol. The summed E-state index contributed by atoms with van der Waals surface area (Å²) < 4.78 is 5.11. The van der Waals surface area contributed by atoms with E-state index in [0.717, 1.165) is 23.5 Å². The fraction of sp³-hybridized carbons (Fsp3) is 0.429. The Hall–Kier alpha value is -1.62. The Bertz CT molecular complexity index is 552. The van der Waals surface area contributed by atoms with Gasteiger partial charge in [0.05, 0.1) is 22.5 Å². The molecule has 2 aromatic rings. The summed E-state index contributed by atoms with van der Waals surface area (Å²) in [6, 6.07) is 1.69. The Morgan fingerprint density at radius 3 is 2.79 bits per heavy atom. The molecule has 2 heterocycles. The molecule has 102 valence electrons. The number of amides is 1. The number of furan rings is 1. The zero-order valence-corrected chi connectivity index (χ0v) is 12.3. The van der Waals surface area contributed by atoms with Gasteiger partial charge >= 0.3 is 0 Å². The lowest BCUT2D eigenvalue weighted by molar-refractivity contribution is 0.0951. The van der Waals surface area contributed by atoms with Crippen LogP contribution in [0.1, 0.15) is 38.1 Å². The third kappa shape index (κ3) is 3.44. The highest BCUT2D eigenvalue weighted by Gasteiger charge is 2.10. The van der Waals surface area contributed by atoms with E-state index in [0.29, 0.717) is 17.9 Å². The van der Waals surface area contributed by atoms with Crippen molar-refractivity contribution in [3.05, 3.63) is 39.2 Å². The van der Waals surface area contributed by atoms with Crippen LogP contribution in [0.15, 0.2) is 16.7 Å². The third-order valence-corrected chi connectivity index (χ3v) is 4.16. The molecule has 5 heteroatoms. The van der Waals surface area contributed by atoms with Crippen molar-refractivity contribution in [1.82, 2.24) is 10.3 Å². The molecule has 2 aromatic heterocycles. The van der Waals surface area contributed by atoms with E-state index in [9.17, 15) is 4.79 Å². The van der Waals surface area contributed by atoms with Gasteiger partial charge in [0.25, 0.3) is 5.91 Å². The van der Waals surface area contributed by atoms with Crippen molar-refractivity contribution in [1.29, 1.82) is 0 Å². The molecule has 0 radical (unpaired) electrons. The quantitative estimate of drug-likeness (QED) is 0.855. The lowest BCUT2D eigenvalue weighted by Crippen LogP contribution is -2.24. The largest absolute Gasteiger partial charge is 0.469 e. The van der Waals surface area contributed by atoms with E-state index in [1.165, 1.54) is 11.1 Å². The zero-order chi connectivity index (χ0) is 13.8. The van der Waals surface area contributed by atoms with E-state index in [4.69, 9.17) is 4.42 Å². The van der Waals surface area contributed by atoms with Crippen molar-refractivity contribution >= 4 is 17.2 Å².